The molecule has 0 aromatic heterocycles. The molecule has 0 saturated heterocycles. The zero-order valence-corrected chi connectivity index (χ0v) is 17.3. The van der Waals surface area contributed by atoms with Gasteiger partial charge in [-0.3, -0.25) is 4.79 Å². The zero-order valence-electron chi connectivity index (χ0n) is 13.3. The summed E-state index contributed by atoms with van der Waals surface area (Å²) in [5, 5.41) is 8.48. The Morgan fingerprint density at radius 3 is 2.40 bits per heavy atom. The van der Waals surface area contributed by atoms with Crippen molar-refractivity contribution in [2.24, 2.45) is 0 Å². The first-order valence-electron chi connectivity index (χ1n) is 7.37. The third kappa shape index (κ3) is 6.34. The molecule has 0 aliphatic heterocycles. The number of urea groups is 1. The largest absolute Gasteiger partial charge is 0.334 e. The summed E-state index contributed by atoms with van der Waals surface area (Å²) in [5.74, 6) is -0.303. The fraction of sp³-hybridized carbons (Fsp3) is 0.176. The summed E-state index contributed by atoms with van der Waals surface area (Å²) >= 11 is 12.8. The molecule has 132 valence electrons. The van der Waals surface area contributed by atoms with Gasteiger partial charge in [-0.05, 0) is 48.4 Å². The van der Waals surface area contributed by atoms with Gasteiger partial charge in [0.25, 0.3) is 0 Å². The van der Waals surface area contributed by atoms with Gasteiger partial charge in [0.05, 0.1) is 6.54 Å². The molecule has 2 aromatic carbocycles. The van der Waals surface area contributed by atoms with Crippen LogP contribution in [0.1, 0.15) is 11.1 Å². The van der Waals surface area contributed by atoms with Crippen molar-refractivity contribution in [2.45, 2.75) is 13.5 Å². The first kappa shape index (κ1) is 19.8. The highest BCUT2D eigenvalue weighted by Gasteiger charge is 2.08. The van der Waals surface area contributed by atoms with Gasteiger partial charge in [-0.25, -0.2) is 4.79 Å². The maximum atomic E-state index is 11.9. The molecule has 3 amide bonds. The van der Waals surface area contributed by atoms with Gasteiger partial charge in [0.2, 0.25) is 5.91 Å². The number of anilines is 1. The van der Waals surface area contributed by atoms with Crippen molar-refractivity contribution in [3.8, 4) is 0 Å². The number of amides is 3. The highest BCUT2D eigenvalue weighted by atomic mass is 79.9. The van der Waals surface area contributed by atoms with Crippen molar-refractivity contribution >= 4 is 61.1 Å². The summed E-state index contributed by atoms with van der Waals surface area (Å²) in [5.41, 5.74) is 2.42. The van der Waals surface area contributed by atoms with Gasteiger partial charge in [0.15, 0.2) is 0 Å². The van der Waals surface area contributed by atoms with E-state index >= 15 is 0 Å². The van der Waals surface area contributed by atoms with Crippen molar-refractivity contribution in [2.75, 3.05) is 11.9 Å². The Morgan fingerprint density at radius 2 is 1.72 bits per heavy atom. The van der Waals surface area contributed by atoms with Crippen molar-refractivity contribution in [1.82, 2.24) is 10.6 Å². The Bertz CT molecular complexity index is 799. The van der Waals surface area contributed by atoms with Crippen molar-refractivity contribution < 1.29 is 9.59 Å². The molecule has 3 N–H and O–H groups in total. The minimum atomic E-state index is -0.443. The number of hydrogen-bond donors (Lipinski definition) is 3. The van der Waals surface area contributed by atoms with Crippen LogP contribution in [0.2, 0.25) is 5.02 Å². The average molecular weight is 490 g/mol. The maximum absolute atomic E-state index is 11.9. The first-order valence-corrected chi connectivity index (χ1v) is 9.33. The van der Waals surface area contributed by atoms with Crippen LogP contribution < -0.4 is 16.0 Å². The van der Waals surface area contributed by atoms with Crippen LogP contribution in [0.25, 0.3) is 0 Å². The molecule has 0 aliphatic carbocycles. The standard InChI is InChI=1S/C17H16Br2ClN3O2/c1-10-6-12(18)4-5-15(10)23-16(24)9-22-17(25)21-8-11-2-3-13(19)7-14(11)20/h2-7H,8-9H2,1H3,(H,23,24)(H2,21,22,25). The van der Waals surface area contributed by atoms with E-state index in [9.17, 15) is 9.59 Å². The van der Waals surface area contributed by atoms with Crippen LogP contribution in [0, 0.1) is 6.92 Å². The lowest BCUT2D eigenvalue weighted by molar-refractivity contribution is -0.115. The fourth-order valence-corrected chi connectivity index (χ4v) is 3.24. The lowest BCUT2D eigenvalue weighted by atomic mass is 10.2. The minimum absolute atomic E-state index is 0.130. The third-order valence-electron chi connectivity index (χ3n) is 3.33. The predicted molar refractivity (Wildman–Crippen MR) is 107 cm³/mol. The highest BCUT2D eigenvalue weighted by Crippen LogP contribution is 2.21. The van der Waals surface area contributed by atoms with E-state index in [0.29, 0.717) is 10.7 Å². The predicted octanol–water partition coefficient (Wildman–Crippen LogP) is 4.61. The first-order chi connectivity index (χ1) is 11.8. The zero-order chi connectivity index (χ0) is 18.4. The summed E-state index contributed by atoms with van der Waals surface area (Å²) in [7, 11) is 0. The van der Waals surface area contributed by atoms with Gasteiger partial charge in [0, 0.05) is 26.2 Å². The van der Waals surface area contributed by atoms with E-state index in [-0.39, 0.29) is 19.0 Å². The normalized spacial score (nSPS) is 10.2. The van der Waals surface area contributed by atoms with Gasteiger partial charge in [-0.2, -0.15) is 0 Å². The molecular weight excluding hydrogens is 473 g/mol. The quantitative estimate of drug-likeness (QED) is 0.574. The highest BCUT2D eigenvalue weighted by molar-refractivity contribution is 9.10. The Balaban J connectivity index is 1.78. The van der Waals surface area contributed by atoms with E-state index in [1.54, 1.807) is 12.1 Å². The minimum Gasteiger partial charge on any atom is -0.334 e. The molecule has 0 fully saturated rings. The number of hydrogen-bond acceptors (Lipinski definition) is 2. The molecule has 0 aliphatic rings. The van der Waals surface area contributed by atoms with Crippen LogP contribution in [0.3, 0.4) is 0 Å². The summed E-state index contributed by atoms with van der Waals surface area (Å²) in [6.07, 6.45) is 0. The van der Waals surface area contributed by atoms with Crippen LogP contribution in [0.15, 0.2) is 45.3 Å². The monoisotopic (exact) mass is 487 g/mol. The molecule has 0 bridgehead atoms. The molecule has 0 spiro atoms. The summed E-state index contributed by atoms with van der Waals surface area (Å²) in [6.45, 7) is 2.03. The number of aryl methyl sites for hydroxylation is 1. The number of carbonyl (C=O) groups is 2. The molecule has 5 nitrogen and oxygen atoms in total. The molecule has 0 saturated carbocycles. The molecule has 25 heavy (non-hydrogen) atoms. The number of halogens is 3. The second kappa shape index (κ2) is 9.22. The van der Waals surface area contributed by atoms with E-state index in [1.807, 2.05) is 31.2 Å². The van der Waals surface area contributed by atoms with E-state index in [2.05, 4.69) is 47.8 Å². The summed E-state index contributed by atoms with van der Waals surface area (Å²) in [6, 6.07) is 10.5. The second-order valence-corrected chi connectivity index (χ2v) is 7.52. The van der Waals surface area contributed by atoms with E-state index < -0.39 is 6.03 Å². The SMILES string of the molecule is Cc1cc(Br)ccc1NC(=O)CNC(=O)NCc1ccc(Br)cc1Cl. The van der Waals surface area contributed by atoms with Crippen molar-refractivity contribution in [3.05, 3.63) is 61.5 Å². The topological polar surface area (TPSA) is 70.2 Å². The van der Waals surface area contributed by atoms with Crippen LogP contribution >= 0.6 is 43.5 Å². The van der Waals surface area contributed by atoms with Gasteiger partial charge >= 0.3 is 6.03 Å². The van der Waals surface area contributed by atoms with Gasteiger partial charge in [-0.1, -0.05) is 49.5 Å². The number of benzene rings is 2. The maximum Gasteiger partial charge on any atom is 0.315 e. The van der Waals surface area contributed by atoms with Crippen molar-refractivity contribution in [3.63, 3.8) is 0 Å². The lowest BCUT2D eigenvalue weighted by Gasteiger charge is -2.11. The van der Waals surface area contributed by atoms with Crippen LogP contribution in [-0.2, 0) is 11.3 Å². The molecule has 0 heterocycles. The third-order valence-corrected chi connectivity index (χ3v) is 4.66. The molecule has 0 atom stereocenters. The van der Waals surface area contributed by atoms with Gasteiger partial charge in [0.1, 0.15) is 0 Å². The van der Waals surface area contributed by atoms with Gasteiger partial charge < -0.3 is 16.0 Å². The fourth-order valence-electron chi connectivity index (χ4n) is 2.03. The van der Waals surface area contributed by atoms with Crippen molar-refractivity contribution in [1.29, 1.82) is 0 Å². The molecular formula is C17H16Br2ClN3O2. The second-order valence-electron chi connectivity index (χ2n) is 5.28. The van der Waals surface area contributed by atoms with Gasteiger partial charge in [-0.15, -0.1) is 0 Å². The average Bonchev–Trinajstić information content (AvgIpc) is 2.55. The van der Waals surface area contributed by atoms with Crippen LogP contribution in [0.5, 0.6) is 0 Å². The Hall–Kier alpha value is -1.57. The smallest absolute Gasteiger partial charge is 0.315 e. The molecule has 8 heteroatoms. The Labute approximate surface area is 167 Å². The molecule has 0 radical (unpaired) electrons. The number of carbonyl (C=O) groups excluding carboxylic acids is 2. The number of nitrogens with one attached hydrogen (secondary N) is 3. The van der Waals surface area contributed by atoms with Crippen LogP contribution in [0.4, 0.5) is 10.5 Å². The summed E-state index contributed by atoms with van der Waals surface area (Å²) < 4.78 is 1.80. The summed E-state index contributed by atoms with van der Waals surface area (Å²) in [4.78, 5) is 23.7. The van der Waals surface area contributed by atoms with E-state index in [4.69, 9.17) is 11.6 Å². The lowest BCUT2D eigenvalue weighted by Crippen LogP contribution is -2.39. The molecule has 2 aromatic rings. The van der Waals surface area contributed by atoms with E-state index in [1.165, 1.54) is 0 Å². The molecule has 0 unspecified atom stereocenters. The Kier molecular flexibility index (Phi) is 7.28. The molecule has 2 rings (SSSR count). The Morgan fingerprint density at radius 1 is 1.04 bits per heavy atom. The van der Waals surface area contributed by atoms with E-state index in [0.717, 1.165) is 20.1 Å². The van der Waals surface area contributed by atoms with Crippen LogP contribution in [-0.4, -0.2) is 18.5 Å². The number of rotatable bonds is 5.